The topological polar surface area (TPSA) is 30.3 Å². The minimum absolute atomic E-state index is 0.141. The number of aromatic nitrogens is 2. The molecule has 3 rings (SSSR count). The Hall–Kier alpha value is -0.810. The first kappa shape index (κ1) is 15.1. The predicted molar refractivity (Wildman–Crippen MR) is 86.3 cm³/mol. The number of imidazole rings is 1. The number of alkyl halides is 1. The van der Waals surface area contributed by atoms with E-state index in [2.05, 4.69) is 20.5 Å². The maximum absolute atomic E-state index is 6.29. The van der Waals surface area contributed by atoms with E-state index in [9.17, 15) is 0 Å². The molecule has 0 radical (unpaired) electrons. The number of para-hydroxylation sites is 1. The van der Waals surface area contributed by atoms with Crippen molar-refractivity contribution in [2.45, 2.75) is 18.8 Å². The SMILES string of the molecule is CC(Cl)c1nc2c(Cl)cccc2n1CCN1CCOCC1. The summed E-state index contributed by atoms with van der Waals surface area (Å²) < 4.78 is 7.57. The van der Waals surface area contributed by atoms with Crippen molar-refractivity contribution in [3.63, 3.8) is 0 Å². The molecule has 21 heavy (non-hydrogen) atoms. The molecule has 4 nitrogen and oxygen atoms in total. The monoisotopic (exact) mass is 327 g/mol. The highest BCUT2D eigenvalue weighted by Crippen LogP contribution is 2.28. The van der Waals surface area contributed by atoms with E-state index >= 15 is 0 Å². The van der Waals surface area contributed by atoms with E-state index < -0.39 is 0 Å². The van der Waals surface area contributed by atoms with Crippen molar-refractivity contribution in [2.75, 3.05) is 32.8 Å². The molecule has 2 aromatic rings. The molecule has 1 aliphatic heterocycles. The molecule has 0 amide bonds. The van der Waals surface area contributed by atoms with Crippen LogP contribution in [0.1, 0.15) is 18.1 Å². The molecule has 0 bridgehead atoms. The van der Waals surface area contributed by atoms with Crippen LogP contribution in [0.3, 0.4) is 0 Å². The summed E-state index contributed by atoms with van der Waals surface area (Å²) in [6.07, 6.45) is 0. The standard InChI is InChI=1S/C15H19Cl2N3O/c1-11(16)15-18-14-12(17)3-2-4-13(14)20(15)6-5-19-7-9-21-10-8-19/h2-4,11H,5-10H2,1H3. The van der Waals surface area contributed by atoms with Crippen LogP contribution in [0.25, 0.3) is 11.0 Å². The third-order valence-electron chi connectivity index (χ3n) is 3.86. The summed E-state index contributed by atoms with van der Waals surface area (Å²) in [6, 6.07) is 5.88. The number of halogens is 2. The maximum Gasteiger partial charge on any atom is 0.127 e. The fourth-order valence-corrected chi connectivity index (χ4v) is 3.11. The Kier molecular flexibility index (Phi) is 4.69. The normalized spacial score (nSPS) is 18.2. The molecule has 1 aliphatic rings. The Labute approximate surface area is 134 Å². The Balaban J connectivity index is 1.88. The fourth-order valence-electron chi connectivity index (χ4n) is 2.74. The van der Waals surface area contributed by atoms with Gasteiger partial charge in [0.1, 0.15) is 11.3 Å². The lowest BCUT2D eigenvalue weighted by molar-refractivity contribution is 0.0364. The summed E-state index contributed by atoms with van der Waals surface area (Å²) in [6.45, 7) is 7.38. The molecule has 1 aromatic carbocycles. The Morgan fingerprint density at radius 2 is 2.05 bits per heavy atom. The van der Waals surface area contributed by atoms with Crippen molar-refractivity contribution in [3.8, 4) is 0 Å². The summed E-state index contributed by atoms with van der Waals surface area (Å²) in [7, 11) is 0. The number of fused-ring (bicyclic) bond motifs is 1. The van der Waals surface area contributed by atoms with Crippen molar-refractivity contribution in [1.82, 2.24) is 14.5 Å². The average molecular weight is 328 g/mol. The van der Waals surface area contributed by atoms with Crippen LogP contribution < -0.4 is 0 Å². The smallest absolute Gasteiger partial charge is 0.127 e. The van der Waals surface area contributed by atoms with Crippen molar-refractivity contribution < 1.29 is 4.74 Å². The van der Waals surface area contributed by atoms with Crippen LogP contribution in [-0.2, 0) is 11.3 Å². The lowest BCUT2D eigenvalue weighted by Crippen LogP contribution is -2.38. The molecule has 6 heteroatoms. The van der Waals surface area contributed by atoms with Gasteiger partial charge in [0.05, 0.1) is 29.1 Å². The van der Waals surface area contributed by atoms with Crippen molar-refractivity contribution in [3.05, 3.63) is 29.0 Å². The lowest BCUT2D eigenvalue weighted by atomic mass is 10.3. The quantitative estimate of drug-likeness (QED) is 0.807. The second-order valence-corrected chi connectivity index (χ2v) is 6.36. The molecule has 1 saturated heterocycles. The van der Waals surface area contributed by atoms with Gasteiger partial charge in [-0.2, -0.15) is 0 Å². The van der Waals surface area contributed by atoms with E-state index in [-0.39, 0.29) is 5.38 Å². The van der Waals surface area contributed by atoms with Gasteiger partial charge in [-0.15, -0.1) is 11.6 Å². The minimum Gasteiger partial charge on any atom is -0.379 e. The maximum atomic E-state index is 6.29. The van der Waals surface area contributed by atoms with E-state index in [4.69, 9.17) is 27.9 Å². The summed E-state index contributed by atoms with van der Waals surface area (Å²) in [5.41, 5.74) is 1.89. The highest BCUT2D eigenvalue weighted by molar-refractivity contribution is 6.35. The average Bonchev–Trinajstić information content (AvgIpc) is 2.87. The molecule has 2 heterocycles. The van der Waals surface area contributed by atoms with Crippen LogP contribution in [0.15, 0.2) is 18.2 Å². The molecule has 1 aromatic heterocycles. The molecule has 1 unspecified atom stereocenters. The Morgan fingerprint density at radius 3 is 2.76 bits per heavy atom. The summed E-state index contributed by atoms with van der Waals surface area (Å²) >= 11 is 12.5. The largest absolute Gasteiger partial charge is 0.379 e. The lowest BCUT2D eigenvalue weighted by Gasteiger charge is -2.27. The van der Waals surface area contributed by atoms with Gasteiger partial charge in [0.15, 0.2) is 0 Å². The van der Waals surface area contributed by atoms with Crippen molar-refractivity contribution in [2.24, 2.45) is 0 Å². The molecule has 114 valence electrons. The van der Waals surface area contributed by atoms with Gasteiger partial charge in [0.2, 0.25) is 0 Å². The number of hydrogen-bond acceptors (Lipinski definition) is 3. The molecule has 0 saturated carbocycles. The van der Waals surface area contributed by atoms with Gasteiger partial charge in [-0.25, -0.2) is 4.98 Å². The zero-order valence-corrected chi connectivity index (χ0v) is 13.6. The Morgan fingerprint density at radius 1 is 1.29 bits per heavy atom. The molecule has 0 aliphatic carbocycles. The highest BCUT2D eigenvalue weighted by Gasteiger charge is 2.18. The number of nitrogens with zero attached hydrogens (tertiary/aromatic N) is 3. The van der Waals surface area contributed by atoms with E-state index in [1.165, 1.54) is 0 Å². The van der Waals surface area contributed by atoms with Crippen LogP contribution in [0.4, 0.5) is 0 Å². The van der Waals surface area contributed by atoms with Crippen LogP contribution in [0.2, 0.25) is 5.02 Å². The number of hydrogen-bond donors (Lipinski definition) is 0. The van der Waals surface area contributed by atoms with Crippen LogP contribution in [0.5, 0.6) is 0 Å². The summed E-state index contributed by atoms with van der Waals surface area (Å²) in [4.78, 5) is 7.04. The van der Waals surface area contributed by atoms with Crippen molar-refractivity contribution >= 4 is 34.2 Å². The van der Waals surface area contributed by atoms with Gasteiger partial charge in [-0.1, -0.05) is 17.7 Å². The molecule has 0 spiro atoms. The first-order chi connectivity index (χ1) is 10.2. The summed E-state index contributed by atoms with van der Waals surface area (Å²) in [5, 5.41) is 0.536. The fraction of sp³-hybridized carbons (Fsp3) is 0.533. The van der Waals surface area contributed by atoms with Gasteiger partial charge in [-0.05, 0) is 19.1 Å². The molecule has 1 fully saturated rings. The van der Waals surface area contributed by atoms with E-state index in [0.717, 1.165) is 56.3 Å². The second kappa shape index (κ2) is 6.53. The first-order valence-corrected chi connectivity index (χ1v) is 8.07. The van der Waals surface area contributed by atoms with Crippen LogP contribution in [-0.4, -0.2) is 47.3 Å². The van der Waals surface area contributed by atoms with Gasteiger partial charge >= 0.3 is 0 Å². The number of morpholine rings is 1. The molecule has 0 N–H and O–H groups in total. The van der Waals surface area contributed by atoms with Crippen LogP contribution >= 0.6 is 23.2 Å². The predicted octanol–water partition coefficient (Wildman–Crippen LogP) is 3.32. The van der Waals surface area contributed by atoms with E-state index in [1.807, 2.05) is 19.1 Å². The van der Waals surface area contributed by atoms with Crippen molar-refractivity contribution in [1.29, 1.82) is 0 Å². The zero-order valence-electron chi connectivity index (χ0n) is 12.1. The zero-order chi connectivity index (χ0) is 14.8. The summed E-state index contributed by atoms with van der Waals surface area (Å²) in [5.74, 6) is 0.882. The first-order valence-electron chi connectivity index (χ1n) is 7.25. The van der Waals surface area contributed by atoms with E-state index in [1.54, 1.807) is 0 Å². The number of rotatable bonds is 4. The third-order valence-corrected chi connectivity index (χ3v) is 4.36. The number of ether oxygens (including phenoxy) is 1. The third kappa shape index (κ3) is 3.19. The molecule has 1 atom stereocenters. The highest BCUT2D eigenvalue weighted by atomic mass is 35.5. The molecular formula is C15H19Cl2N3O. The minimum atomic E-state index is -0.141. The van der Waals surface area contributed by atoms with Gasteiger partial charge in [0.25, 0.3) is 0 Å². The number of benzene rings is 1. The van der Waals surface area contributed by atoms with Gasteiger partial charge < -0.3 is 9.30 Å². The molecular weight excluding hydrogens is 309 g/mol. The second-order valence-electron chi connectivity index (χ2n) is 5.30. The Bertz CT molecular complexity index is 621. The van der Waals surface area contributed by atoms with Gasteiger partial charge in [-0.3, -0.25) is 4.90 Å². The van der Waals surface area contributed by atoms with E-state index in [0.29, 0.717) is 5.02 Å². The van der Waals surface area contributed by atoms with Gasteiger partial charge in [0, 0.05) is 26.2 Å². The van der Waals surface area contributed by atoms with Crippen LogP contribution in [0, 0.1) is 0 Å².